The van der Waals surface area contributed by atoms with E-state index >= 15 is 0 Å². The van der Waals surface area contributed by atoms with Gasteiger partial charge in [-0.05, 0) is 32.3 Å². The highest BCUT2D eigenvalue weighted by molar-refractivity contribution is 5.95. The molecule has 1 aromatic carbocycles. The molecule has 0 heterocycles. The molecule has 1 aromatic rings. The van der Waals surface area contributed by atoms with Crippen LogP contribution in [0.1, 0.15) is 10.4 Å². The van der Waals surface area contributed by atoms with Gasteiger partial charge in [-0.15, -0.1) is 0 Å². The van der Waals surface area contributed by atoms with Gasteiger partial charge in [-0.2, -0.15) is 0 Å². The second kappa shape index (κ2) is 6.26. The van der Waals surface area contributed by atoms with E-state index in [2.05, 4.69) is 10.2 Å². The van der Waals surface area contributed by atoms with E-state index in [1.165, 1.54) is 4.90 Å². The Labute approximate surface area is 109 Å². The number of likely N-dealkylation sites (N-methyl/N-ethyl adjacent to an activating group) is 1. The number of hydrogen-bond donors (Lipinski definition) is 2. The Morgan fingerprint density at radius 2 is 1.94 bits per heavy atom. The molecule has 0 radical (unpaired) electrons. The van der Waals surface area contributed by atoms with Crippen LogP contribution in [0.2, 0.25) is 0 Å². The molecule has 5 heteroatoms. The number of rotatable bonds is 5. The highest BCUT2D eigenvalue weighted by Gasteiger charge is 2.09. The fraction of sp³-hybridized carbons (Fsp3) is 0.462. The summed E-state index contributed by atoms with van der Waals surface area (Å²) in [4.78, 5) is 15.4. The summed E-state index contributed by atoms with van der Waals surface area (Å²) in [5.74, 6) is -0.0402. The van der Waals surface area contributed by atoms with E-state index in [-0.39, 0.29) is 5.91 Å². The Bertz CT molecular complexity index is 415. The lowest BCUT2D eigenvalue weighted by molar-refractivity contribution is 0.0827. The molecule has 1 amide bonds. The molecular formula is C13H22N4O. The molecule has 3 N–H and O–H groups in total. The van der Waals surface area contributed by atoms with Crippen LogP contribution < -0.4 is 11.1 Å². The van der Waals surface area contributed by atoms with E-state index in [9.17, 15) is 4.79 Å². The molecule has 1 rings (SSSR count). The SMILES string of the molecule is CN(C)CCNc1ccc(C(=O)N(C)C)cc1N. The van der Waals surface area contributed by atoms with E-state index in [4.69, 9.17) is 5.73 Å². The second-order valence-electron chi connectivity index (χ2n) is 4.73. The van der Waals surface area contributed by atoms with Crippen molar-refractivity contribution in [3.8, 4) is 0 Å². The Kier molecular flexibility index (Phi) is 4.97. The molecule has 18 heavy (non-hydrogen) atoms. The number of nitrogens with zero attached hydrogens (tertiary/aromatic N) is 2. The minimum Gasteiger partial charge on any atom is -0.397 e. The van der Waals surface area contributed by atoms with Crippen molar-refractivity contribution in [2.45, 2.75) is 0 Å². The van der Waals surface area contributed by atoms with Crippen molar-refractivity contribution in [1.82, 2.24) is 9.80 Å². The highest BCUT2D eigenvalue weighted by Crippen LogP contribution is 2.20. The number of nitrogen functional groups attached to an aromatic ring is 1. The van der Waals surface area contributed by atoms with Gasteiger partial charge in [0.15, 0.2) is 0 Å². The maximum atomic E-state index is 11.8. The predicted molar refractivity (Wildman–Crippen MR) is 75.9 cm³/mol. The first-order chi connectivity index (χ1) is 8.41. The summed E-state index contributed by atoms with van der Waals surface area (Å²) >= 11 is 0. The van der Waals surface area contributed by atoms with Crippen molar-refractivity contribution in [2.75, 3.05) is 52.3 Å². The molecule has 0 aliphatic rings. The average molecular weight is 250 g/mol. The van der Waals surface area contributed by atoms with Crippen LogP contribution in [0.4, 0.5) is 11.4 Å². The number of nitrogens with two attached hydrogens (primary N) is 1. The molecule has 0 aromatic heterocycles. The van der Waals surface area contributed by atoms with Crippen molar-refractivity contribution in [3.63, 3.8) is 0 Å². The number of anilines is 2. The standard InChI is InChI=1S/C13H22N4O/c1-16(2)8-7-15-12-6-5-10(9-11(12)14)13(18)17(3)4/h5-6,9,15H,7-8,14H2,1-4H3. The van der Waals surface area contributed by atoms with Crippen molar-refractivity contribution >= 4 is 17.3 Å². The first-order valence-corrected chi connectivity index (χ1v) is 5.91. The highest BCUT2D eigenvalue weighted by atomic mass is 16.2. The Morgan fingerprint density at radius 3 is 2.44 bits per heavy atom. The third-order valence-corrected chi connectivity index (χ3v) is 2.58. The summed E-state index contributed by atoms with van der Waals surface area (Å²) < 4.78 is 0. The molecule has 5 nitrogen and oxygen atoms in total. The molecule has 0 saturated carbocycles. The molecule has 0 aliphatic carbocycles. The van der Waals surface area contributed by atoms with Gasteiger partial charge < -0.3 is 20.9 Å². The van der Waals surface area contributed by atoms with Crippen LogP contribution in [-0.2, 0) is 0 Å². The van der Waals surface area contributed by atoms with Crippen molar-refractivity contribution in [1.29, 1.82) is 0 Å². The second-order valence-corrected chi connectivity index (χ2v) is 4.73. The molecule has 0 atom stereocenters. The Hall–Kier alpha value is -1.75. The molecule has 0 unspecified atom stereocenters. The van der Waals surface area contributed by atoms with E-state index in [1.807, 2.05) is 20.2 Å². The molecular weight excluding hydrogens is 228 g/mol. The Morgan fingerprint density at radius 1 is 1.28 bits per heavy atom. The summed E-state index contributed by atoms with van der Waals surface area (Å²) in [7, 11) is 7.48. The normalized spacial score (nSPS) is 10.5. The van der Waals surface area contributed by atoms with Crippen LogP contribution in [0, 0.1) is 0 Å². The molecule has 100 valence electrons. The number of amides is 1. The van der Waals surface area contributed by atoms with Gasteiger partial charge in [-0.25, -0.2) is 0 Å². The molecule has 0 spiro atoms. The number of hydrogen-bond acceptors (Lipinski definition) is 4. The lowest BCUT2D eigenvalue weighted by Gasteiger charge is -2.15. The quantitative estimate of drug-likeness (QED) is 0.764. The Balaban J connectivity index is 2.71. The van der Waals surface area contributed by atoms with Gasteiger partial charge in [0.1, 0.15) is 0 Å². The predicted octanol–water partition coefficient (Wildman–Crippen LogP) is 0.944. The molecule has 0 saturated heterocycles. The largest absolute Gasteiger partial charge is 0.397 e. The monoisotopic (exact) mass is 250 g/mol. The van der Waals surface area contributed by atoms with Crippen molar-refractivity contribution in [3.05, 3.63) is 23.8 Å². The van der Waals surface area contributed by atoms with Gasteiger partial charge in [0.25, 0.3) is 5.91 Å². The van der Waals surface area contributed by atoms with E-state index < -0.39 is 0 Å². The fourth-order valence-electron chi connectivity index (χ4n) is 1.53. The van der Waals surface area contributed by atoms with E-state index in [0.717, 1.165) is 18.8 Å². The zero-order valence-electron chi connectivity index (χ0n) is 11.5. The number of benzene rings is 1. The van der Waals surface area contributed by atoms with Crippen LogP contribution in [0.3, 0.4) is 0 Å². The van der Waals surface area contributed by atoms with Crippen LogP contribution in [0.25, 0.3) is 0 Å². The van der Waals surface area contributed by atoms with E-state index in [0.29, 0.717) is 11.3 Å². The third-order valence-electron chi connectivity index (χ3n) is 2.58. The first-order valence-electron chi connectivity index (χ1n) is 5.91. The van der Waals surface area contributed by atoms with Crippen LogP contribution >= 0.6 is 0 Å². The minimum absolute atomic E-state index is 0.0402. The lowest BCUT2D eigenvalue weighted by atomic mass is 10.1. The molecule has 0 aliphatic heterocycles. The van der Waals surface area contributed by atoms with Crippen LogP contribution in [0.5, 0.6) is 0 Å². The number of nitrogens with one attached hydrogen (secondary N) is 1. The maximum Gasteiger partial charge on any atom is 0.253 e. The van der Waals surface area contributed by atoms with Gasteiger partial charge in [-0.3, -0.25) is 4.79 Å². The van der Waals surface area contributed by atoms with Crippen molar-refractivity contribution < 1.29 is 4.79 Å². The average Bonchev–Trinajstić information content (AvgIpc) is 2.29. The van der Waals surface area contributed by atoms with Crippen LogP contribution in [0.15, 0.2) is 18.2 Å². The van der Waals surface area contributed by atoms with Gasteiger partial charge in [0, 0.05) is 32.7 Å². The summed E-state index contributed by atoms with van der Waals surface area (Å²) in [6, 6.07) is 5.35. The summed E-state index contributed by atoms with van der Waals surface area (Å²) in [6.07, 6.45) is 0. The molecule has 0 bridgehead atoms. The van der Waals surface area contributed by atoms with Gasteiger partial charge in [0.05, 0.1) is 11.4 Å². The minimum atomic E-state index is -0.0402. The lowest BCUT2D eigenvalue weighted by Crippen LogP contribution is -2.22. The third kappa shape index (κ3) is 3.92. The zero-order valence-corrected chi connectivity index (χ0v) is 11.5. The summed E-state index contributed by atoms with van der Waals surface area (Å²) in [5.41, 5.74) is 8.00. The van der Waals surface area contributed by atoms with Crippen molar-refractivity contribution in [2.24, 2.45) is 0 Å². The fourth-order valence-corrected chi connectivity index (χ4v) is 1.53. The topological polar surface area (TPSA) is 61.6 Å². The summed E-state index contributed by atoms with van der Waals surface area (Å²) in [6.45, 7) is 1.75. The first kappa shape index (κ1) is 14.3. The molecule has 0 fully saturated rings. The van der Waals surface area contributed by atoms with E-state index in [1.54, 1.807) is 26.2 Å². The van der Waals surface area contributed by atoms with Gasteiger partial charge >= 0.3 is 0 Å². The zero-order chi connectivity index (χ0) is 13.7. The number of carbonyl (C=O) groups excluding carboxylic acids is 1. The summed E-state index contributed by atoms with van der Waals surface area (Å²) in [5, 5.41) is 3.25. The van der Waals surface area contributed by atoms with Gasteiger partial charge in [-0.1, -0.05) is 0 Å². The van der Waals surface area contributed by atoms with Gasteiger partial charge in [0.2, 0.25) is 0 Å². The number of carbonyl (C=O) groups is 1. The van der Waals surface area contributed by atoms with Crippen LogP contribution in [-0.4, -0.2) is 57.0 Å². The smallest absolute Gasteiger partial charge is 0.253 e. The maximum absolute atomic E-state index is 11.8.